The number of hydrogen-bond donors (Lipinski definition) is 2. The van der Waals surface area contributed by atoms with Gasteiger partial charge in [-0.05, 0) is 13.3 Å². The van der Waals surface area contributed by atoms with Crippen molar-refractivity contribution in [2.24, 2.45) is 4.99 Å². The number of aliphatic imine (C=N–C) groups is 1. The number of guanidine groups is 1. The average Bonchev–Trinajstić information content (AvgIpc) is 2.37. The molecule has 1 atom stereocenters. The van der Waals surface area contributed by atoms with Gasteiger partial charge in [-0.15, -0.1) is 24.0 Å². The molecule has 7 nitrogen and oxygen atoms in total. The number of amides is 1. The molecule has 0 rings (SSSR count). The van der Waals surface area contributed by atoms with Crippen LogP contribution in [0.25, 0.3) is 0 Å². The number of likely N-dealkylation sites (N-methyl/N-ethyl adjacent to an activating group) is 1. The van der Waals surface area contributed by atoms with Crippen molar-refractivity contribution in [2.75, 3.05) is 39.2 Å². The fraction of sp³-hybridized carbons (Fsp3) is 0.833. The second-order valence-corrected chi connectivity index (χ2v) is 7.51. The van der Waals surface area contributed by atoms with Crippen LogP contribution in [0.5, 0.6) is 0 Å². The molecule has 0 aliphatic carbocycles. The minimum atomic E-state index is -4.45. The minimum Gasteiger partial charge on any atom is -0.354 e. The summed E-state index contributed by atoms with van der Waals surface area (Å²) in [6.45, 7) is 0.0466. The van der Waals surface area contributed by atoms with E-state index in [4.69, 9.17) is 0 Å². The van der Waals surface area contributed by atoms with Crippen LogP contribution in [0, 0.1) is 0 Å². The highest BCUT2D eigenvalue weighted by atomic mass is 127. The zero-order valence-corrected chi connectivity index (χ0v) is 17.1. The van der Waals surface area contributed by atoms with Crippen LogP contribution in [0.4, 0.5) is 13.2 Å². The molecule has 0 aromatic rings. The molecule has 0 aliphatic rings. The Kier molecular flexibility index (Phi) is 11.6. The summed E-state index contributed by atoms with van der Waals surface area (Å²) >= 11 is 0. The Morgan fingerprint density at radius 1 is 1.33 bits per heavy atom. The molecular weight excluding hydrogens is 464 g/mol. The lowest BCUT2D eigenvalue weighted by atomic mass is 10.3. The lowest BCUT2D eigenvalue weighted by Gasteiger charge is -2.21. The van der Waals surface area contributed by atoms with Gasteiger partial charge in [0, 0.05) is 26.4 Å². The van der Waals surface area contributed by atoms with Crippen LogP contribution in [0.1, 0.15) is 13.3 Å². The smallest absolute Gasteiger partial charge is 0.354 e. The average molecular weight is 488 g/mol. The fourth-order valence-electron chi connectivity index (χ4n) is 1.54. The number of carbonyl (C=O) groups excluding carboxylic acids is 1. The summed E-state index contributed by atoms with van der Waals surface area (Å²) in [4.78, 5) is 16.0. The maximum Gasteiger partial charge on any atom is 0.406 e. The van der Waals surface area contributed by atoms with Crippen LogP contribution in [0.15, 0.2) is 4.99 Å². The van der Waals surface area contributed by atoms with E-state index in [2.05, 4.69) is 15.6 Å². The molecule has 1 amide bonds. The number of sulfone groups is 1. The predicted octanol–water partition coefficient (Wildman–Crippen LogP) is 0.613. The third-order valence-corrected chi connectivity index (χ3v) is 3.75. The normalized spacial score (nSPS) is 13.7. The second-order valence-electron chi connectivity index (χ2n) is 5.25. The molecule has 0 heterocycles. The van der Waals surface area contributed by atoms with Crippen LogP contribution >= 0.6 is 24.0 Å². The number of carbonyl (C=O) groups is 1. The summed E-state index contributed by atoms with van der Waals surface area (Å²) in [5.74, 6) is -0.542. The molecular formula is C12H24F3IN4O3S. The predicted molar refractivity (Wildman–Crippen MR) is 97.4 cm³/mol. The fourth-order valence-corrected chi connectivity index (χ4v) is 2.32. The summed E-state index contributed by atoms with van der Waals surface area (Å²) < 4.78 is 58.7. The number of halogens is 4. The van der Waals surface area contributed by atoms with Gasteiger partial charge >= 0.3 is 6.18 Å². The van der Waals surface area contributed by atoms with Gasteiger partial charge in [-0.1, -0.05) is 0 Å². The summed E-state index contributed by atoms with van der Waals surface area (Å²) in [5, 5.41) is 5.46. The van der Waals surface area contributed by atoms with Crippen molar-refractivity contribution in [3.8, 4) is 0 Å². The molecule has 0 bridgehead atoms. The summed E-state index contributed by atoms with van der Waals surface area (Å²) in [7, 11) is -0.593. The molecule has 0 spiro atoms. The van der Waals surface area contributed by atoms with E-state index in [1.165, 1.54) is 7.05 Å². The van der Waals surface area contributed by atoms with Crippen molar-refractivity contribution >= 4 is 45.7 Å². The SMILES string of the molecule is CN=C(NCC(=O)N(C)CC(F)(F)F)NC(C)CCS(C)(=O)=O.I. The van der Waals surface area contributed by atoms with Crippen LogP contribution in [-0.4, -0.2) is 76.6 Å². The molecule has 2 N–H and O–H groups in total. The highest BCUT2D eigenvalue weighted by molar-refractivity contribution is 14.0. The quantitative estimate of drug-likeness (QED) is 0.312. The van der Waals surface area contributed by atoms with Gasteiger partial charge in [0.15, 0.2) is 5.96 Å². The molecule has 0 fully saturated rings. The van der Waals surface area contributed by atoms with Crippen molar-refractivity contribution in [1.29, 1.82) is 0 Å². The van der Waals surface area contributed by atoms with Crippen molar-refractivity contribution in [3.05, 3.63) is 0 Å². The lowest BCUT2D eigenvalue weighted by molar-refractivity contribution is -0.157. The third kappa shape index (κ3) is 13.6. The number of hydrogen-bond acceptors (Lipinski definition) is 4. The van der Waals surface area contributed by atoms with E-state index in [0.717, 1.165) is 13.3 Å². The van der Waals surface area contributed by atoms with Crippen LogP contribution in [-0.2, 0) is 14.6 Å². The van der Waals surface area contributed by atoms with E-state index >= 15 is 0 Å². The Labute approximate surface area is 157 Å². The van der Waals surface area contributed by atoms with Gasteiger partial charge in [-0.2, -0.15) is 13.2 Å². The largest absolute Gasteiger partial charge is 0.406 e. The lowest BCUT2D eigenvalue weighted by Crippen LogP contribution is -2.47. The van der Waals surface area contributed by atoms with E-state index < -0.39 is 28.5 Å². The number of nitrogens with zero attached hydrogens (tertiary/aromatic N) is 2. The van der Waals surface area contributed by atoms with E-state index in [9.17, 15) is 26.4 Å². The Hall–Kier alpha value is -0.790. The zero-order valence-electron chi connectivity index (χ0n) is 14.0. The summed E-state index contributed by atoms with van der Waals surface area (Å²) in [6.07, 6.45) is -2.99. The molecule has 144 valence electrons. The Morgan fingerprint density at radius 3 is 2.29 bits per heavy atom. The summed E-state index contributed by atoms with van der Waals surface area (Å²) in [6, 6.07) is -0.237. The van der Waals surface area contributed by atoms with E-state index in [1.807, 2.05) is 0 Å². The topological polar surface area (TPSA) is 90.9 Å². The Balaban J connectivity index is 0. The molecule has 0 saturated heterocycles. The van der Waals surface area contributed by atoms with Gasteiger partial charge in [0.1, 0.15) is 16.4 Å². The molecule has 0 aromatic carbocycles. The maximum absolute atomic E-state index is 12.2. The van der Waals surface area contributed by atoms with Crippen LogP contribution in [0.2, 0.25) is 0 Å². The third-order valence-electron chi connectivity index (χ3n) is 2.78. The van der Waals surface area contributed by atoms with Crippen molar-refractivity contribution in [1.82, 2.24) is 15.5 Å². The molecule has 0 saturated carbocycles. The van der Waals surface area contributed by atoms with E-state index in [0.29, 0.717) is 11.3 Å². The molecule has 0 aromatic heterocycles. The summed E-state index contributed by atoms with van der Waals surface area (Å²) in [5.41, 5.74) is 0. The van der Waals surface area contributed by atoms with Gasteiger partial charge in [-0.3, -0.25) is 9.79 Å². The molecule has 1 unspecified atom stereocenters. The molecule has 0 aliphatic heterocycles. The number of nitrogens with one attached hydrogen (secondary N) is 2. The first-order valence-electron chi connectivity index (χ1n) is 6.79. The van der Waals surface area contributed by atoms with Gasteiger partial charge < -0.3 is 15.5 Å². The van der Waals surface area contributed by atoms with Crippen molar-refractivity contribution in [3.63, 3.8) is 0 Å². The second kappa shape index (κ2) is 10.9. The molecule has 0 radical (unpaired) electrons. The maximum atomic E-state index is 12.2. The van der Waals surface area contributed by atoms with Crippen molar-refractivity contribution < 1.29 is 26.4 Å². The van der Waals surface area contributed by atoms with Gasteiger partial charge in [0.2, 0.25) is 5.91 Å². The number of alkyl halides is 3. The number of rotatable bonds is 7. The highest BCUT2D eigenvalue weighted by Gasteiger charge is 2.31. The monoisotopic (exact) mass is 488 g/mol. The van der Waals surface area contributed by atoms with Gasteiger partial charge in [-0.25, -0.2) is 8.42 Å². The first-order valence-corrected chi connectivity index (χ1v) is 8.85. The molecule has 24 heavy (non-hydrogen) atoms. The Morgan fingerprint density at radius 2 is 1.88 bits per heavy atom. The first-order chi connectivity index (χ1) is 10.3. The standard InChI is InChI=1S/C12H23F3N4O3S.HI/c1-9(5-6-23(4,21)22)18-11(16-2)17-7-10(20)19(3)8-12(13,14)15;/h9H,5-8H2,1-4H3,(H2,16,17,18);1H. The van der Waals surface area contributed by atoms with Gasteiger partial charge in [0.25, 0.3) is 0 Å². The molecule has 12 heteroatoms. The zero-order chi connectivity index (χ0) is 18.3. The first kappa shape index (κ1) is 25.5. The van der Waals surface area contributed by atoms with Crippen molar-refractivity contribution in [2.45, 2.75) is 25.6 Å². The Bertz CT molecular complexity index is 526. The van der Waals surface area contributed by atoms with Gasteiger partial charge in [0.05, 0.1) is 12.3 Å². The van der Waals surface area contributed by atoms with Crippen LogP contribution in [0.3, 0.4) is 0 Å². The van der Waals surface area contributed by atoms with E-state index in [-0.39, 0.29) is 48.3 Å². The minimum absolute atomic E-state index is 0. The highest BCUT2D eigenvalue weighted by Crippen LogP contribution is 2.15. The van der Waals surface area contributed by atoms with E-state index in [1.54, 1.807) is 6.92 Å². The van der Waals surface area contributed by atoms with Crippen LogP contribution < -0.4 is 10.6 Å².